The zero-order chi connectivity index (χ0) is 36.2. The smallest absolute Gasteiger partial charge is 0.271 e. The number of carbonyl (C=O) groups excluding carboxylic acids is 2. The number of ether oxygens (including phenoxy) is 1. The standard InChI is InChI=1S/C34H34N6O9/c1-21-30(19-49-20-35(4)24-10-7-13-27(16-24)38(43)44)22(2)32(34(42)37(6)26-12-9-15-29(18-26)40(47)48)23(3)31(21)33(41)36(5)25-11-8-14-28(17-25)39(45)46/h7-18H,19-20H2,1-6H3. The molecule has 2 amide bonds. The van der Waals surface area contributed by atoms with Crippen LogP contribution in [0.1, 0.15) is 43.0 Å². The number of hydrogen-bond acceptors (Lipinski definition) is 10. The van der Waals surface area contributed by atoms with Crippen LogP contribution in [0.5, 0.6) is 0 Å². The van der Waals surface area contributed by atoms with Crippen molar-refractivity contribution in [1.82, 2.24) is 0 Å². The van der Waals surface area contributed by atoms with Crippen LogP contribution in [0.15, 0.2) is 72.8 Å². The Labute approximate surface area is 281 Å². The van der Waals surface area contributed by atoms with Crippen molar-refractivity contribution in [2.45, 2.75) is 27.4 Å². The van der Waals surface area contributed by atoms with Crippen molar-refractivity contribution in [3.63, 3.8) is 0 Å². The predicted molar refractivity (Wildman–Crippen MR) is 183 cm³/mol. The minimum Gasteiger partial charge on any atom is -0.356 e. The molecule has 0 atom stereocenters. The van der Waals surface area contributed by atoms with E-state index in [1.807, 2.05) is 0 Å². The molecular formula is C34H34N6O9. The van der Waals surface area contributed by atoms with Gasteiger partial charge in [-0.3, -0.25) is 39.9 Å². The largest absolute Gasteiger partial charge is 0.356 e. The first-order chi connectivity index (χ1) is 23.1. The second-order valence-electron chi connectivity index (χ2n) is 11.3. The highest BCUT2D eigenvalue weighted by Crippen LogP contribution is 2.33. The molecule has 0 aliphatic heterocycles. The highest BCUT2D eigenvalue weighted by Gasteiger charge is 2.29. The van der Waals surface area contributed by atoms with E-state index in [9.17, 15) is 39.9 Å². The van der Waals surface area contributed by atoms with E-state index < -0.39 is 26.6 Å². The molecule has 4 rings (SSSR count). The summed E-state index contributed by atoms with van der Waals surface area (Å²) < 4.78 is 6.04. The molecule has 0 aromatic heterocycles. The Kier molecular flexibility index (Phi) is 10.7. The molecule has 254 valence electrons. The lowest BCUT2D eigenvalue weighted by Gasteiger charge is -2.27. The average molecular weight is 671 g/mol. The third-order valence-corrected chi connectivity index (χ3v) is 8.31. The molecule has 49 heavy (non-hydrogen) atoms. The van der Waals surface area contributed by atoms with E-state index in [0.29, 0.717) is 27.9 Å². The maximum Gasteiger partial charge on any atom is 0.271 e. The summed E-state index contributed by atoms with van der Waals surface area (Å²) in [5.41, 5.74) is 2.85. The topological polar surface area (TPSA) is 183 Å². The highest BCUT2D eigenvalue weighted by atomic mass is 16.6. The average Bonchev–Trinajstić information content (AvgIpc) is 3.08. The van der Waals surface area contributed by atoms with E-state index >= 15 is 0 Å². The van der Waals surface area contributed by atoms with Gasteiger partial charge in [-0.25, -0.2) is 0 Å². The first kappa shape index (κ1) is 35.6. The van der Waals surface area contributed by atoms with Crippen LogP contribution >= 0.6 is 0 Å². The predicted octanol–water partition coefficient (Wildman–Crippen LogP) is 6.50. The zero-order valence-electron chi connectivity index (χ0n) is 27.7. The molecule has 0 bridgehead atoms. The van der Waals surface area contributed by atoms with Gasteiger partial charge >= 0.3 is 0 Å². The van der Waals surface area contributed by atoms with Crippen molar-refractivity contribution in [3.05, 3.63) is 137 Å². The highest BCUT2D eigenvalue weighted by molar-refractivity contribution is 6.13. The molecule has 0 heterocycles. The molecule has 0 N–H and O–H groups in total. The van der Waals surface area contributed by atoms with Crippen molar-refractivity contribution < 1.29 is 29.1 Å². The first-order valence-corrected chi connectivity index (χ1v) is 14.8. The molecule has 0 radical (unpaired) electrons. The Morgan fingerprint density at radius 2 is 0.980 bits per heavy atom. The second kappa shape index (κ2) is 14.7. The Morgan fingerprint density at radius 3 is 1.37 bits per heavy atom. The number of nitrogens with zero attached hydrogens (tertiary/aromatic N) is 6. The summed E-state index contributed by atoms with van der Waals surface area (Å²) in [5.74, 6) is -1.06. The van der Waals surface area contributed by atoms with Crippen LogP contribution in [0.2, 0.25) is 0 Å². The van der Waals surface area contributed by atoms with Gasteiger partial charge in [-0.1, -0.05) is 18.2 Å². The summed E-state index contributed by atoms with van der Waals surface area (Å²) >= 11 is 0. The summed E-state index contributed by atoms with van der Waals surface area (Å²) in [6.07, 6.45) is 0. The SMILES string of the molecule is Cc1c(COCN(C)c2cccc([N+](=O)[O-])c2)c(C)c(C(=O)N(C)c2cccc([N+](=O)[O-])c2)c(C)c1C(=O)N(C)c1cccc([N+](=O)[O-])c1. The fraction of sp³-hybridized carbons (Fsp3) is 0.235. The van der Waals surface area contributed by atoms with Crippen molar-refractivity contribution >= 4 is 45.9 Å². The molecule has 4 aromatic carbocycles. The molecule has 0 spiro atoms. The van der Waals surface area contributed by atoms with Crippen LogP contribution in [-0.2, 0) is 11.3 Å². The van der Waals surface area contributed by atoms with Crippen LogP contribution in [0.25, 0.3) is 0 Å². The molecular weight excluding hydrogens is 636 g/mol. The van der Waals surface area contributed by atoms with Gasteiger partial charge < -0.3 is 19.4 Å². The first-order valence-electron chi connectivity index (χ1n) is 14.8. The number of nitro benzene ring substituents is 3. The van der Waals surface area contributed by atoms with Crippen molar-refractivity contribution in [2.75, 3.05) is 42.6 Å². The van der Waals surface area contributed by atoms with Crippen molar-refractivity contribution in [2.24, 2.45) is 0 Å². The van der Waals surface area contributed by atoms with Gasteiger partial charge in [0, 0.05) is 74.4 Å². The van der Waals surface area contributed by atoms with Gasteiger partial charge in [-0.05, 0) is 61.2 Å². The van der Waals surface area contributed by atoms with Crippen molar-refractivity contribution in [3.8, 4) is 0 Å². The Bertz CT molecular complexity index is 1880. The summed E-state index contributed by atoms with van der Waals surface area (Å²) in [5, 5.41) is 34.1. The number of amides is 2. The van der Waals surface area contributed by atoms with E-state index in [2.05, 4.69) is 0 Å². The lowest BCUT2D eigenvalue weighted by Crippen LogP contribution is -2.32. The van der Waals surface area contributed by atoms with E-state index in [4.69, 9.17) is 4.74 Å². The maximum absolute atomic E-state index is 14.2. The van der Waals surface area contributed by atoms with Gasteiger partial charge in [-0.2, -0.15) is 0 Å². The number of rotatable bonds is 12. The molecule has 0 aliphatic rings. The minimum atomic E-state index is -0.565. The van der Waals surface area contributed by atoms with E-state index in [-0.39, 0.29) is 52.9 Å². The Hall–Kier alpha value is -6.22. The van der Waals surface area contributed by atoms with Gasteiger partial charge in [0.2, 0.25) is 0 Å². The lowest BCUT2D eigenvalue weighted by atomic mass is 9.87. The maximum atomic E-state index is 14.2. The van der Waals surface area contributed by atoms with Crippen molar-refractivity contribution in [1.29, 1.82) is 0 Å². The molecule has 15 nitrogen and oxygen atoms in total. The summed E-state index contributed by atoms with van der Waals surface area (Å²) in [7, 11) is 4.64. The van der Waals surface area contributed by atoms with Crippen LogP contribution in [-0.4, -0.2) is 54.5 Å². The lowest BCUT2D eigenvalue weighted by molar-refractivity contribution is -0.385. The molecule has 0 aliphatic carbocycles. The van der Waals surface area contributed by atoms with Gasteiger partial charge in [0.25, 0.3) is 28.9 Å². The quantitative estimate of drug-likeness (QED) is 0.0916. The summed E-state index contributed by atoms with van der Waals surface area (Å²) in [6, 6.07) is 17.2. The van der Waals surface area contributed by atoms with Crippen LogP contribution < -0.4 is 14.7 Å². The third kappa shape index (κ3) is 7.52. The summed E-state index contributed by atoms with van der Waals surface area (Å²) in [6.45, 7) is 5.01. The van der Waals surface area contributed by atoms with E-state index in [1.165, 1.54) is 72.4 Å². The van der Waals surface area contributed by atoms with Crippen LogP contribution in [0, 0.1) is 51.1 Å². The number of benzene rings is 4. The van der Waals surface area contributed by atoms with E-state index in [1.54, 1.807) is 57.0 Å². The van der Waals surface area contributed by atoms with Gasteiger partial charge in [0.15, 0.2) is 0 Å². The zero-order valence-corrected chi connectivity index (χ0v) is 27.7. The molecule has 4 aromatic rings. The van der Waals surface area contributed by atoms with Crippen LogP contribution in [0.4, 0.5) is 34.1 Å². The monoisotopic (exact) mass is 670 g/mol. The number of carbonyl (C=O) groups is 2. The number of hydrogen-bond donors (Lipinski definition) is 0. The number of nitro groups is 3. The van der Waals surface area contributed by atoms with Gasteiger partial charge in [-0.15, -0.1) is 0 Å². The molecule has 0 saturated carbocycles. The fourth-order valence-corrected chi connectivity index (χ4v) is 5.53. The van der Waals surface area contributed by atoms with Gasteiger partial charge in [0.05, 0.1) is 32.8 Å². The normalized spacial score (nSPS) is 10.7. The van der Waals surface area contributed by atoms with Crippen LogP contribution in [0.3, 0.4) is 0 Å². The Morgan fingerprint density at radius 1 is 0.612 bits per heavy atom. The number of non-ortho nitro benzene ring substituents is 3. The molecule has 0 fully saturated rings. The molecule has 0 unspecified atom stereocenters. The molecule has 15 heteroatoms. The third-order valence-electron chi connectivity index (χ3n) is 8.31. The number of anilines is 3. The second-order valence-corrected chi connectivity index (χ2v) is 11.3. The minimum absolute atomic E-state index is 0.00164. The van der Waals surface area contributed by atoms with Gasteiger partial charge in [0.1, 0.15) is 6.73 Å². The fourth-order valence-electron chi connectivity index (χ4n) is 5.53. The summed E-state index contributed by atoms with van der Waals surface area (Å²) in [4.78, 5) is 65.0. The molecule has 0 saturated heterocycles. The van der Waals surface area contributed by atoms with E-state index in [0.717, 1.165) is 0 Å². The Balaban J connectivity index is 1.78.